The number of carbonyl (C=O) groups excluding carboxylic acids is 1. The number of furan rings is 1. The van der Waals surface area contributed by atoms with Crippen molar-refractivity contribution >= 4 is 17.5 Å². The van der Waals surface area contributed by atoms with Gasteiger partial charge in [0.05, 0.1) is 18.2 Å². The lowest BCUT2D eigenvalue weighted by Crippen LogP contribution is -2.25. The molecule has 0 fully saturated rings. The zero-order chi connectivity index (χ0) is 11.4. The zero-order valence-corrected chi connectivity index (χ0v) is 9.12. The molecule has 2 aromatic rings. The maximum Gasteiger partial charge on any atom is 0.256 e. The fourth-order valence-electron chi connectivity index (χ4n) is 1.28. The van der Waals surface area contributed by atoms with Crippen LogP contribution in [0.2, 0.25) is 5.22 Å². The minimum absolute atomic E-state index is 0.110. The molecule has 0 spiro atoms. The monoisotopic (exact) mass is 239 g/mol. The predicted octanol–water partition coefficient (Wildman–Crippen LogP) is 1.63. The van der Waals surface area contributed by atoms with Crippen LogP contribution in [-0.4, -0.2) is 22.4 Å². The lowest BCUT2D eigenvalue weighted by Gasteiger charge is -2.02. The summed E-state index contributed by atoms with van der Waals surface area (Å²) >= 11 is 5.67. The van der Waals surface area contributed by atoms with Crippen LogP contribution in [-0.2, 0) is 6.42 Å². The van der Waals surface area contributed by atoms with E-state index in [-0.39, 0.29) is 11.1 Å². The number of aromatic nitrogens is 2. The summed E-state index contributed by atoms with van der Waals surface area (Å²) in [7, 11) is 0. The molecular weight excluding hydrogens is 230 g/mol. The Bertz CT molecular complexity index is 464. The van der Waals surface area contributed by atoms with Gasteiger partial charge in [-0.05, 0) is 17.7 Å². The highest BCUT2D eigenvalue weighted by atomic mass is 35.5. The van der Waals surface area contributed by atoms with Crippen LogP contribution in [0.15, 0.2) is 29.3 Å². The minimum atomic E-state index is -0.238. The van der Waals surface area contributed by atoms with E-state index in [0.717, 1.165) is 5.69 Å². The van der Waals surface area contributed by atoms with E-state index in [4.69, 9.17) is 16.0 Å². The highest BCUT2D eigenvalue weighted by Gasteiger charge is 2.11. The summed E-state index contributed by atoms with van der Waals surface area (Å²) in [6.07, 6.45) is 5.40. The molecule has 2 heterocycles. The van der Waals surface area contributed by atoms with Crippen molar-refractivity contribution < 1.29 is 9.21 Å². The summed E-state index contributed by atoms with van der Waals surface area (Å²) in [5.41, 5.74) is 1.32. The van der Waals surface area contributed by atoms with Crippen molar-refractivity contribution in [2.24, 2.45) is 0 Å². The molecule has 5 nitrogen and oxygen atoms in total. The molecule has 2 N–H and O–H groups in total. The number of nitrogens with zero attached hydrogens (tertiary/aromatic N) is 1. The Morgan fingerprint density at radius 3 is 3.12 bits per heavy atom. The summed E-state index contributed by atoms with van der Waals surface area (Å²) < 4.78 is 4.83. The first kappa shape index (κ1) is 10.8. The molecule has 0 aromatic carbocycles. The number of H-pyrrole nitrogens is 1. The van der Waals surface area contributed by atoms with Crippen LogP contribution in [0.3, 0.4) is 0 Å². The normalized spacial score (nSPS) is 10.3. The van der Waals surface area contributed by atoms with Crippen LogP contribution in [0, 0.1) is 0 Å². The molecule has 6 heteroatoms. The van der Waals surface area contributed by atoms with Gasteiger partial charge in [0, 0.05) is 24.9 Å². The number of hydrogen-bond acceptors (Lipinski definition) is 3. The fraction of sp³-hybridized carbons (Fsp3) is 0.200. The van der Waals surface area contributed by atoms with E-state index in [9.17, 15) is 4.79 Å². The SMILES string of the molecule is O=C(NCCc1cnc[nH]1)c1ccoc1Cl. The molecule has 0 radical (unpaired) electrons. The quantitative estimate of drug-likeness (QED) is 0.852. The number of aromatic amines is 1. The second kappa shape index (κ2) is 4.85. The van der Waals surface area contributed by atoms with Crippen molar-refractivity contribution in [1.82, 2.24) is 15.3 Å². The largest absolute Gasteiger partial charge is 0.452 e. The van der Waals surface area contributed by atoms with Gasteiger partial charge in [0.2, 0.25) is 5.22 Å². The molecule has 0 saturated carbocycles. The van der Waals surface area contributed by atoms with Gasteiger partial charge < -0.3 is 14.7 Å². The average Bonchev–Trinajstić information content (AvgIpc) is 2.88. The first-order valence-corrected chi connectivity index (χ1v) is 5.13. The lowest BCUT2D eigenvalue weighted by molar-refractivity contribution is 0.0953. The zero-order valence-electron chi connectivity index (χ0n) is 8.37. The molecule has 84 valence electrons. The molecule has 0 atom stereocenters. The van der Waals surface area contributed by atoms with Crippen molar-refractivity contribution in [2.45, 2.75) is 6.42 Å². The number of halogens is 1. The molecule has 1 amide bonds. The standard InChI is InChI=1S/C10H10ClN3O2/c11-9-8(2-4-16-9)10(15)13-3-1-7-5-12-6-14-7/h2,4-6H,1,3H2,(H,12,14)(H,13,15). The molecule has 2 aromatic heterocycles. The Labute approximate surface area is 96.8 Å². The summed E-state index contributed by atoms with van der Waals surface area (Å²) in [4.78, 5) is 18.4. The second-order valence-corrected chi connectivity index (χ2v) is 3.53. The second-order valence-electron chi connectivity index (χ2n) is 3.19. The minimum Gasteiger partial charge on any atom is -0.452 e. The molecule has 16 heavy (non-hydrogen) atoms. The number of hydrogen-bond donors (Lipinski definition) is 2. The average molecular weight is 240 g/mol. The number of carbonyl (C=O) groups is 1. The van der Waals surface area contributed by atoms with Crippen LogP contribution in [0.4, 0.5) is 0 Å². The number of amides is 1. The molecule has 0 unspecified atom stereocenters. The Morgan fingerprint density at radius 1 is 1.62 bits per heavy atom. The predicted molar refractivity (Wildman–Crippen MR) is 58.3 cm³/mol. The molecule has 0 aliphatic rings. The van der Waals surface area contributed by atoms with Crippen molar-refractivity contribution in [3.63, 3.8) is 0 Å². The van der Waals surface area contributed by atoms with Gasteiger partial charge in [0.15, 0.2) is 0 Å². The van der Waals surface area contributed by atoms with E-state index in [1.807, 2.05) is 0 Å². The topological polar surface area (TPSA) is 70.9 Å². The van der Waals surface area contributed by atoms with Gasteiger partial charge in [0.25, 0.3) is 5.91 Å². The third-order valence-corrected chi connectivity index (χ3v) is 2.39. The fourth-order valence-corrected chi connectivity index (χ4v) is 1.48. The van der Waals surface area contributed by atoms with Gasteiger partial charge >= 0.3 is 0 Å². The molecule has 0 aliphatic carbocycles. The highest BCUT2D eigenvalue weighted by Crippen LogP contribution is 2.15. The lowest BCUT2D eigenvalue weighted by atomic mass is 10.3. The van der Waals surface area contributed by atoms with Crippen LogP contribution in [0.5, 0.6) is 0 Å². The van der Waals surface area contributed by atoms with Gasteiger partial charge in [0.1, 0.15) is 0 Å². The molecule has 2 rings (SSSR count). The van der Waals surface area contributed by atoms with Crippen LogP contribution in [0.25, 0.3) is 0 Å². The van der Waals surface area contributed by atoms with E-state index >= 15 is 0 Å². The maximum absolute atomic E-state index is 11.6. The smallest absolute Gasteiger partial charge is 0.256 e. The van der Waals surface area contributed by atoms with Gasteiger partial charge in [-0.1, -0.05) is 0 Å². The van der Waals surface area contributed by atoms with E-state index < -0.39 is 0 Å². The molecule has 0 saturated heterocycles. The molecule has 0 aliphatic heterocycles. The summed E-state index contributed by atoms with van der Waals surface area (Å²) in [5.74, 6) is -0.238. The Hall–Kier alpha value is -1.75. The Morgan fingerprint density at radius 2 is 2.50 bits per heavy atom. The number of rotatable bonds is 4. The molecule has 0 bridgehead atoms. The highest BCUT2D eigenvalue weighted by molar-refractivity contribution is 6.32. The summed E-state index contributed by atoms with van der Waals surface area (Å²) in [6.45, 7) is 0.516. The Balaban J connectivity index is 1.83. The van der Waals surface area contributed by atoms with E-state index in [1.165, 1.54) is 12.3 Å². The van der Waals surface area contributed by atoms with Crippen molar-refractivity contribution in [3.05, 3.63) is 41.3 Å². The van der Waals surface area contributed by atoms with Gasteiger partial charge in [-0.2, -0.15) is 0 Å². The van der Waals surface area contributed by atoms with Gasteiger partial charge in [-0.3, -0.25) is 4.79 Å². The third-order valence-electron chi connectivity index (χ3n) is 2.10. The van der Waals surface area contributed by atoms with Crippen molar-refractivity contribution in [2.75, 3.05) is 6.54 Å². The van der Waals surface area contributed by atoms with Crippen molar-refractivity contribution in [1.29, 1.82) is 0 Å². The summed E-state index contributed by atoms with van der Waals surface area (Å²) in [6, 6.07) is 1.54. The summed E-state index contributed by atoms with van der Waals surface area (Å²) in [5, 5.41) is 2.84. The van der Waals surface area contributed by atoms with E-state index in [1.54, 1.807) is 12.5 Å². The first-order valence-electron chi connectivity index (χ1n) is 4.76. The van der Waals surface area contributed by atoms with Crippen LogP contribution < -0.4 is 5.32 Å². The van der Waals surface area contributed by atoms with Crippen molar-refractivity contribution in [3.8, 4) is 0 Å². The third kappa shape index (κ3) is 2.43. The Kier molecular flexibility index (Phi) is 3.26. The van der Waals surface area contributed by atoms with Gasteiger partial charge in [-0.25, -0.2) is 4.98 Å². The number of nitrogens with one attached hydrogen (secondary N) is 2. The van der Waals surface area contributed by atoms with E-state index in [0.29, 0.717) is 18.5 Å². The number of imidazole rings is 1. The first-order chi connectivity index (χ1) is 7.77. The van der Waals surface area contributed by atoms with E-state index in [2.05, 4.69) is 15.3 Å². The van der Waals surface area contributed by atoms with Gasteiger partial charge in [-0.15, -0.1) is 0 Å². The van der Waals surface area contributed by atoms with Crippen LogP contribution in [0.1, 0.15) is 16.1 Å². The molecular formula is C10H10ClN3O2. The maximum atomic E-state index is 11.6. The van der Waals surface area contributed by atoms with Crippen LogP contribution >= 0.6 is 11.6 Å².